The molecule has 5 aromatic rings. The average molecular weight is 1520 g/mol. The zero-order valence-corrected chi connectivity index (χ0v) is 60.4. The van der Waals surface area contributed by atoms with E-state index in [-0.39, 0.29) is 155 Å². The third-order valence-corrected chi connectivity index (χ3v) is 18.6. The number of primary amides is 1. The maximum absolute atomic E-state index is 15.1. The van der Waals surface area contributed by atoms with Gasteiger partial charge in [-0.2, -0.15) is 0 Å². The summed E-state index contributed by atoms with van der Waals surface area (Å²) in [5.41, 5.74) is 12.8. The Morgan fingerprint density at radius 2 is 1.25 bits per heavy atom. The average Bonchev–Trinajstić information content (AvgIpc) is 0.985. The van der Waals surface area contributed by atoms with Gasteiger partial charge in [-0.25, -0.2) is 4.98 Å². The van der Waals surface area contributed by atoms with E-state index >= 15 is 9.59 Å². The number of ketones is 2. The lowest BCUT2D eigenvalue weighted by Crippen LogP contribution is -2.61. The molecule has 9 atom stereocenters. The number of carbonyl (C=O) groups excluding carboxylic acids is 14. The van der Waals surface area contributed by atoms with Crippen LogP contribution in [-0.2, 0) is 76.8 Å². The molecule has 8 rings (SSSR count). The van der Waals surface area contributed by atoms with E-state index in [1.807, 2.05) is 0 Å². The Morgan fingerprint density at radius 3 is 1.91 bits per heavy atom. The van der Waals surface area contributed by atoms with Gasteiger partial charge in [0.2, 0.25) is 82.5 Å². The lowest BCUT2D eigenvalue weighted by molar-refractivity contribution is -0.142. The van der Waals surface area contributed by atoms with Gasteiger partial charge in [-0.3, -0.25) is 72.5 Å². The number of H-pyrrole nitrogens is 2. The van der Waals surface area contributed by atoms with Crippen molar-refractivity contribution in [3.63, 3.8) is 0 Å². The summed E-state index contributed by atoms with van der Waals surface area (Å²) in [5, 5.41) is 61.0. The van der Waals surface area contributed by atoms with Crippen molar-refractivity contribution in [3.8, 4) is 5.75 Å². The smallest absolute Gasteiger partial charge is 0.245 e. The van der Waals surface area contributed by atoms with Gasteiger partial charge in [0.15, 0.2) is 5.96 Å². The number of hydrogen-bond acceptors (Lipinski definition) is 19. The zero-order chi connectivity index (χ0) is 78.1. The number of aromatic nitrogens is 3. The lowest BCUT2D eigenvalue weighted by Gasteiger charge is -2.31. The Balaban J connectivity index is 1.03. The predicted octanol–water partition coefficient (Wildman–Crippen LogP) is -2.01. The molecule has 2 aromatic heterocycles. The van der Waals surface area contributed by atoms with E-state index in [2.05, 4.69) is 78.8 Å². The molecule has 108 heavy (non-hydrogen) atoms. The number of amides is 12. The summed E-state index contributed by atoms with van der Waals surface area (Å²) in [6, 6.07) is 6.05. The number of imidazole rings is 1. The summed E-state index contributed by atoms with van der Waals surface area (Å²) in [6.45, 7) is 2.05. The number of aliphatic hydroxyl groups is 1. The minimum absolute atomic E-state index is 0.0133. The maximum Gasteiger partial charge on any atom is 0.245 e. The van der Waals surface area contributed by atoms with E-state index in [0.717, 1.165) is 0 Å². The van der Waals surface area contributed by atoms with E-state index in [9.17, 15) is 67.7 Å². The molecular formula is C72H92ClN19O16. The number of nitrogens with zero attached hydrogens (tertiary/aromatic N) is 2. The van der Waals surface area contributed by atoms with Crippen LogP contribution in [0.3, 0.4) is 0 Å². The number of rotatable bonds is 40. The molecule has 0 unspecified atom stereocenters. The van der Waals surface area contributed by atoms with Crippen molar-refractivity contribution in [2.24, 2.45) is 17.4 Å². The molecule has 36 heteroatoms. The number of aliphatic hydroxyl groups excluding tert-OH is 1. The summed E-state index contributed by atoms with van der Waals surface area (Å²) in [4.78, 5) is 205. The van der Waals surface area contributed by atoms with Gasteiger partial charge in [-0.15, -0.1) is 0 Å². The molecule has 0 radical (unpaired) electrons. The van der Waals surface area contributed by atoms with Crippen molar-refractivity contribution in [1.82, 2.24) is 83.7 Å². The molecule has 1 aliphatic carbocycles. The van der Waals surface area contributed by atoms with Crippen molar-refractivity contribution in [3.05, 3.63) is 130 Å². The van der Waals surface area contributed by atoms with Crippen molar-refractivity contribution in [2.75, 3.05) is 39.3 Å². The van der Waals surface area contributed by atoms with Crippen LogP contribution in [-0.4, -0.2) is 212 Å². The number of carbonyl (C=O) groups is 14. The number of hydrogen-bond donors (Lipinski definition) is 19. The molecule has 3 aliphatic rings. The molecule has 12 amide bonds. The van der Waals surface area contributed by atoms with Crippen LogP contribution in [0.2, 0.25) is 0 Å². The molecule has 578 valence electrons. The lowest BCUT2D eigenvalue weighted by atomic mass is 9.92. The molecule has 2 saturated heterocycles. The fourth-order valence-corrected chi connectivity index (χ4v) is 12.9. The number of para-hydroxylation sites is 1. The fraction of sp³-hybridized carbons (Fsp3) is 0.444. The highest BCUT2D eigenvalue weighted by molar-refractivity contribution is 6.50. The quantitative estimate of drug-likeness (QED) is 0.0114. The van der Waals surface area contributed by atoms with E-state index in [4.69, 9.17) is 28.5 Å². The number of phenols is 1. The number of nitrogens with two attached hydrogens (primary N) is 2. The molecule has 3 aromatic carbocycles. The first-order valence-electron chi connectivity index (χ1n) is 35.5. The Bertz CT molecular complexity index is 4170. The van der Waals surface area contributed by atoms with Crippen LogP contribution in [0.15, 0.2) is 102 Å². The monoisotopic (exact) mass is 1510 g/mol. The second kappa shape index (κ2) is 39.6. The first kappa shape index (κ1) is 81.9. The molecule has 2 aliphatic heterocycles. The molecule has 35 nitrogen and oxygen atoms in total. The number of halogens is 1. The van der Waals surface area contributed by atoms with Gasteiger partial charge in [0, 0.05) is 92.7 Å². The number of phenolic OH excluding ortho intramolecular Hbond substituents is 1. The standard InChI is InChI=1S/C72H92ClN19O16/c1-38(2)29-50(65(102)86-49(16-9-26-80-72(75)76)71(108)92-28-10-17-55(92)70(107)82-35-56(74)95)87-63(100)47(15-7-8-25-78-57(96)24-27-79-60-59(73)61(98)44-12-3-4-13-45(44)62(60)99)85-66(103)51(30-39-18-20-42(94)21-19-39)88-69(106)54(36-93)91-67(104)52(31-40-33-81-46-14-6-5-11-43(40)46)89-68(105)53(32-41-34-77-37-83-41)90-64(101)48-22-23-58(97)84-48/h3-6,11-14,18-21,33-34,37-38,47-55,79,81,93-94H,7-10,15-17,22-32,35-36H2,1-2H3,(H2,74,95)(H,77,83)(H,78,96)(H,82,107)(H,84,97)(H,85,103)(H,86,102)(H,87,100)(H,88,106)(H,89,105)(H,90,101)(H,91,104)(H4,75,76,80)/t47-,48+,49+,50+,51+,52+,53+,54+,55+/m1/s1. The highest BCUT2D eigenvalue weighted by atomic mass is 35.5. The number of Topliss-reactive ketones (excluding diaryl/α,β-unsaturated/α-hetero) is 2. The number of benzene rings is 3. The van der Waals surface area contributed by atoms with Gasteiger partial charge in [-0.05, 0) is 93.0 Å². The van der Waals surface area contributed by atoms with Crippen molar-refractivity contribution in [1.29, 1.82) is 5.41 Å². The number of fused-ring (bicyclic) bond motifs is 2. The Labute approximate surface area is 625 Å². The largest absolute Gasteiger partial charge is 0.508 e. The topological polar surface area (TPSA) is 547 Å². The van der Waals surface area contributed by atoms with Crippen molar-refractivity contribution < 1.29 is 77.3 Å². The number of nitrogens with one attached hydrogen (secondary N) is 15. The zero-order valence-electron chi connectivity index (χ0n) is 59.6. The van der Waals surface area contributed by atoms with E-state index in [1.54, 1.807) is 56.4 Å². The van der Waals surface area contributed by atoms with Crippen LogP contribution in [0.5, 0.6) is 5.75 Å². The summed E-state index contributed by atoms with van der Waals surface area (Å²) in [5.74, 6) is -11.4. The van der Waals surface area contributed by atoms with Gasteiger partial charge in [0.05, 0.1) is 25.2 Å². The molecule has 2 fully saturated rings. The SMILES string of the molecule is CC(C)C[C@H](NC(=O)[C@@H](CCCCNC(=O)CCNC1=C(Cl)C(=O)c2ccccc2C1=O)NC(=O)[C@H](Cc1ccc(O)cc1)NC(=O)[C@H](CO)NC(=O)[C@H](Cc1c[nH]c2ccccc12)NC(=O)[C@H](Cc1c[nH]cn1)NC(=O)[C@@H]1CCC(=O)N1)C(=O)N[C@@H](CCCNC(=N)N)C(=O)N1CCC[C@H]1C(=O)NCC(N)=O. The van der Waals surface area contributed by atoms with Crippen molar-refractivity contribution >= 4 is 111 Å². The summed E-state index contributed by atoms with van der Waals surface area (Å²) < 4.78 is 0. The summed E-state index contributed by atoms with van der Waals surface area (Å²) in [7, 11) is 0. The Kier molecular flexibility index (Phi) is 30.0. The number of aromatic amines is 2. The van der Waals surface area contributed by atoms with E-state index in [0.29, 0.717) is 34.1 Å². The van der Waals surface area contributed by atoms with Crippen LogP contribution in [0.4, 0.5) is 0 Å². The summed E-state index contributed by atoms with van der Waals surface area (Å²) >= 11 is 6.31. The van der Waals surface area contributed by atoms with Crippen LogP contribution in [0, 0.1) is 11.3 Å². The number of unbranched alkanes of at least 4 members (excludes halogenated alkanes) is 1. The molecule has 21 N–H and O–H groups in total. The maximum atomic E-state index is 15.1. The van der Waals surface area contributed by atoms with Gasteiger partial charge in [0.25, 0.3) is 0 Å². The van der Waals surface area contributed by atoms with Gasteiger partial charge in [0.1, 0.15) is 70.9 Å². The second-order valence-corrected chi connectivity index (χ2v) is 27.2. The number of guanidine groups is 1. The molecule has 0 saturated carbocycles. The Hall–Kier alpha value is -11.7. The van der Waals surface area contributed by atoms with Gasteiger partial charge < -0.3 is 100 Å². The summed E-state index contributed by atoms with van der Waals surface area (Å²) in [6.07, 6.45) is 4.52. The first-order chi connectivity index (χ1) is 51.7. The van der Waals surface area contributed by atoms with Crippen LogP contribution >= 0.6 is 11.6 Å². The third kappa shape index (κ3) is 23.4. The van der Waals surface area contributed by atoms with Crippen LogP contribution in [0.25, 0.3) is 10.9 Å². The third-order valence-electron chi connectivity index (χ3n) is 18.3. The minimum Gasteiger partial charge on any atom is -0.508 e. The number of likely N-dealkylation sites (tertiary alicyclic amines) is 1. The molecule has 4 heterocycles. The molecule has 0 bridgehead atoms. The second-order valence-electron chi connectivity index (χ2n) is 26.9. The molecule has 0 spiro atoms. The highest BCUT2D eigenvalue weighted by Gasteiger charge is 2.41. The van der Waals surface area contributed by atoms with Gasteiger partial charge >= 0.3 is 0 Å². The van der Waals surface area contributed by atoms with Crippen LogP contribution in [0.1, 0.15) is 122 Å². The first-order valence-corrected chi connectivity index (χ1v) is 35.9. The van der Waals surface area contributed by atoms with Gasteiger partial charge in [-0.1, -0.05) is 80.0 Å². The highest BCUT2D eigenvalue weighted by Crippen LogP contribution is 2.28. The predicted molar refractivity (Wildman–Crippen MR) is 391 cm³/mol. The minimum atomic E-state index is -1.86. The Morgan fingerprint density at radius 1 is 0.648 bits per heavy atom. The van der Waals surface area contributed by atoms with E-state index in [1.165, 1.54) is 53.8 Å². The number of allylic oxidation sites excluding steroid dienone is 2. The van der Waals surface area contributed by atoms with Crippen LogP contribution < -0.4 is 75.3 Å². The van der Waals surface area contributed by atoms with Crippen molar-refractivity contribution in [2.45, 2.75) is 158 Å². The molecular weight excluding hydrogens is 1420 g/mol. The van der Waals surface area contributed by atoms with E-state index < -0.39 is 144 Å². The fourth-order valence-electron chi connectivity index (χ4n) is 12.7. The number of aromatic hydroxyl groups is 1. The normalized spacial score (nSPS) is 16.6.